The van der Waals surface area contributed by atoms with E-state index in [4.69, 9.17) is 9.47 Å². The van der Waals surface area contributed by atoms with Crippen LogP contribution in [-0.4, -0.2) is 38.9 Å². The van der Waals surface area contributed by atoms with Crippen LogP contribution in [0.15, 0.2) is 24.3 Å². The number of ether oxygens (including phenoxy) is 2. The molecule has 1 fully saturated rings. The van der Waals surface area contributed by atoms with Gasteiger partial charge in [-0.3, -0.25) is 0 Å². The van der Waals surface area contributed by atoms with Crippen molar-refractivity contribution in [3.8, 4) is 5.69 Å². The van der Waals surface area contributed by atoms with Gasteiger partial charge in [0, 0.05) is 6.42 Å². The van der Waals surface area contributed by atoms with Crippen molar-refractivity contribution in [2.45, 2.75) is 32.5 Å². The first-order valence-electron chi connectivity index (χ1n) is 7.05. The molecule has 0 aliphatic carbocycles. The second-order valence-corrected chi connectivity index (χ2v) is 5.25. The number of aromatic nitrogens is 3. The van der Waals surface area contributed by atoms with Crippen molar-refractivity contribution in [1.29, 1.82) is 0 Å². The van der Waals surface area contributed by atoms with Gasteiger partial charge in [0.2, 0.25) is 6.10 Å². The van der Waals surface area contributed by atoms with Gasteiger partial charge >= 0.3 is 11.9 Å². The van der Waals surface area contributed by atoms with E-state index in [2.05, 4.69) is 10.1 Å². The minimum atomic E-state index is -0.935. The average Bonchev–Trinajstić information content (AvgIpc) is 3.03. The number of halogens is 1. The third kappa shape index (κ3) is 3.05. The Morgan fingerprint density at radius 2 is 2.09 bits per heavy atom. The number of hydrogen-bond acceptors (Lipinski definition) is 6. The topological polar surface area (TPSA) is 83.3 Å². The van der Waals surface area contributed by atoms with Gasteiger partial charge in [0.05, 0.1) is 5.69 Å². The molecule has 1 aromatic carbocycles. The SMILES string of the molecule is Cc1nc(C(=O)O[C@@H]2C[C@H](C)OC2=O)nn1-c1ccc(F)cc1. The normalized spacial score (nSPS) is 20.4. The minimum Gasteiger partial charge on any atom is -0.460 e. The Labute approximate surface area is 131 Å². The van der Waals surface area contributed by atoms with Gasteiger partial charge < -0.3 is 9.47 Å². The zero-order chi connectivity index (χ0) is 16.6. The Morgan fingerprint density at radius 3 is 2.70 bits per heavy atom. The monoisotopic (exact) mass is 319 g/mol. The minimum absolute atomic E-state index is 0.167. The van der Waals surface area contributed by atoms with Gasteiger partial charge in [0.1, 0.15) is 17.7 Å². The number of rotatable bonds is 3. The summed E-state index contributed by atoms with van der Waals surface area (Å²) < 4.78 is 24.4. The highest BCUT2D eigenvalue weighted by molar-refractivity contribution is 5.88. The highest BCUT2D eigenvalue weighted by atomic mass is 19.1. The van der Waals surface area contributed by atoms with E-state index >= 15 is 0 Å². The van der Waals surface area contributed by atoms with Crippen LogP contribution in [0.25, 0.3) is 5.69 Å². The van der Waals surface area contributed by atoms with E-state index < -0.39 is 18.0 Å². The van der Waals surface area contributed by atoms with Gasteiger partial charge in [-0.15, -0.1) is 5.10 Å². The zero-order valence-electron chi connectivity index (χ0n) is 12.5. The summed E-state index contributed by atoms with van der Waals surface area (Å²) in [5.41, 5.74) is 0.560. The first-order valence-corrected chi connectivity index (χ1v) is 7.05. The maximum absolute atomic E-state index is 13.0. The number of hydrogen-bond donors (Lipinski definition) is 0. The van der Waals surface area contributed by atoms with Crippen LogP contribution in [0.2, 0.25) is 0 Å². The van der Waals surface area contributed by atoms with E-state index in [1.807, 2.05) is 0 Å². The lowest BCUT2D eigenvalue weighted by atomic mass is 10.2. The van der Waals surface area contributed by atoms with Gasteiger partial charge in [-0.05, 0) is 38.1 Å². The number of esters is 2. The largest absolute Gasteiger partial charge is 0.460 e. The molecular formula is C15H14FN3O4. The molecule has 0 bridgehead atoms. The van der Waals surface area contributed by atoms with Crippen molar-refractivity contribution in [3.63, 3.8) is 0 Å². The molecule has 0 N–H and O–H groups in total. The molecule has 0 spiro atoms. The van der Waals surface area contributed by atoms with E-state index in [9.17, 15) is 14.0 Å². The highest BCUT2D eigenvalue weighted by Gasteiger charge is 2.36. The van der Waals surface area contributed by atoms with Crippen molar-refractivity contribution < 1.29 is 23.5 Å². The molecule has 1 aromatic heterocycles. The van der Waals surface area contributed by atoms with Crippen LogP contribution < -0.4 is 0 Å². The summed E-state index contributed by atoms with van der Waals surface area (Å²) in [6, 6.07) is 5.60. The molecule has 2 heterocycles. The Kier molecular flexibility index (Phi) is 3.81. The molecule has 0 amide bonds. The van der Waals surface area contributed by atoms with Crippen molar-refractivity contribution in [3.05, 3.63) is 41.7 Å². The standard InChI is InChI=1S/C15H14FN3O4/c1-8-7-12(14(20)22-8)23-15(21)13-17-9(2)19(18-13)11-5-3-10(16)4-6-11/h3-6,8,12H,7H2,1-2H3/t8-,12+/m0/s1. The molecule has 1 saturated heterocycles. The molecule has 7 nitrogen and oxygen atoms in total. The molecule has 0 unspecified atom stereocenters. The zero-order valence-corrected chi connectivity index (χ0v) is 12.5. The van der Waals surface area contributed by atoms with Crippen LogP contribution in [0, 0.1) is 12.7 Å². The summed E-state index contributed by atoms with van der Waals surface area (Å²) in [6.45, 7) is 3.37. The molecule has 1 aliphatic heterocycles. The van der Waals surface area contributed by atoms with E-state index in [-0.39, 0.29) is 17.7 Å². The summed E-state index contributed by atoms with van der Waals surface area (Å²) in [6.07, 6.45) is -0.912. The van der Waals surface area contributed by atoms with Crippen molar-refractivity contribution >= 4 is 11.9 Å². The van der Waals surface area contributed by atoms with Crippen LogP contribution in [0.5, 0.6) is 0 Å². The summed E-state index contributed by atoms with van der Waals surface area (Å²) in [7, 11) is 0. The van der Waals surface area contributed by atoms with E-state index in [1.54, 1.807) is 13.8 Å². The van der Waals surface area contributed by atoms with Gasteiger partial charge in [-0.25, -0.2) is 23.6 Å². The number of benzene rings is 1. The van der Waals surface area contributed by atoms with Crippen molar-refractivity contribution in [2.75, 3.05) is 0 Å². The second-order valence-electron chi connectivity index (χ2n) is 5.25. The fraction of sp³-hybridized carbons (Fsp3) is 0.333. The lowest BCUT2D eigenvalue weighted by Crippen LogP contribution is -2.23. The fourth-order valence-corrected chi connectivity index (χ4v) is 2.30. The summed E-state index contributed by atoms with van der Waals surface area (Å²) in [5, 5.41) is 4.05. The number of carbonyl (C=O) groups is 2. The molecular weight excluding hydrogens is 305 g/mol. The Morgan fingerprint density at radius 1 is 1.39 bits per heavy atom. The van der Waals surface area contributed by atoms with Crippen LogP contribution >= 0.6 is 0 Å². The van der Waals surface area contributed by atoms with Crippen molar-refractivity contribution in [2.24, 2.45) is 0 Å². The Bertz CT molecular complexity index is 757. The second kappa shape index (κ2) is 5.79. The molecule has 0 saturated carbocycles. The quantitative estimate of drug-likeness (QED) is 0.799. The van der Waals surface area contributed by atoms with E-state index in [1.165, 1.54) is 28.9 Å². The number of aryl methyl sites for hydroxylation is 1. The number of nitrogens with zero attached hydrogens (tertiary/aromatic N) is 3. The molecule has 3 rings (SSSR count). The van der Waals surface area contributed by atoms with E-state index in [0.29, 0.717) is 17.9 Å². The highest BCUT2D eigenvalue weighted by Crippen LogP contribution is 2.18. The third-order valence-electron chi connectivity index (χ3n) is 3.40. The molecule has 8 heteroatoms. The molecule has 2 aromatic rings. The van der Waals surface area contributed by atoms with E-state index in [0.717, 1.165) is 0 Å². The number of cyclic esters (lactones) is 1. The first-order chi connectivity index (χ1) is 10.9. The maximum atomic E-state index is 13.0. The predicted molar refractivity (Wildman–Crippen MR) is 75.4 cm³/mol. The first kappa shape index (κ1) is 15.1. The lowest BCUT2D eigenvalue weighted by molar-refractivity contribution is -0.147. The lowest BCUT2D eigenvalue weighted by Gasteiger charge is -2.05. The van der Waals surface area contributed by atoms with Gasteiger partial charge in [0.15, 0.2) is 0 Å². The fourth-order valence-electron chi connectivity index (χ4n) is 2.30. The number of carbonyl (C=O) groups excluding carboxylic acids is 2. The maximum Gasteiger partial charge on any atom is 0.379 e. The van der Waals surface area contributed by atoms with Gasteiger partial charge in [0.25, 0.3) is 5.82 Å². The van der Waals surface area contributed by atoms with Crippen molar-refractivity contribution in [1.82, 2.24) is 14.8 Å². The molecule has 0 radical (unpaired) electrons. The molecule has 2 atom stereocenters. The molecule has 1 aliphatic rings. The smallest absolute Gasteiger partial charge is 0.379 e. The Hall–Kier alpha value is -2.77. The Balaban J connectivity index is 1.79. The summed E-state index contributed by atoms with van der Waals surface area (Å²) in [4.78, 5) is 27.6. The third-order valence-corrected chi connectivity index (χ3v) is 3.40. The summed E-state index contributed by atoms with van der Waals surface area (Å²) in [5.74, 6) is -1.48. The molecule has 23 heavy (non-hydrogen) atoms. The summed E-state index contributed by atoms with van der Waals surface area (Å²) >= 11 is 0. The average molecular weight is 319 g/mol. The predicted octanol–water partition coefficient (Wildman–Crippen LogP) is 1.58. The van der Waals surface area contributed by atoms with Crippen LogP contribution in [-0.2, 0) is 14.3 Å². The van der Waals surface area contributed by atoms with Crippen LogP contribution in [0.1, 0.15) is 29.8 Å². The van der Waals surface area contributed by atoms with Gasteiger partial charge in [-0.1, -0.05) is 0 Å². The van der Waals surface area contributed by atoms with Crippen LogP contribution in [0.4, 0.5) is 4.39 Å². The van der Waals surface area contributed by atoms with Gasteiger partial charge in [-0.2, -0.15) is 0 Å². The molecule has 120 valence electrons. The van der Waals surface area contributed by atoms with Crippen LogP contribution in [0.3, 0.4) is 0 Å².